The van der Waals surface area contributed by atoms with Gasteiger partial charge in [0.15, 0.2) is 0 Å². The molecule has 8 heavy (non-hydrogen) atoms. The van der Waals surface area contributed by atoms with Crippen molar-refractivity contribution in [1.29, 1.82) is 0 Å². The fourth-order valence-corrected chi connectivity index (χ4v) is 2.12. The molecule has 1 heteroatoms. The van der Waals surface area contributed by atoms with Crippen LogP contribution in [0.5, 0.6) is 0 Å². The van der Waals surface area contributed by atoms with Gasteiger partial charge in [-0.15, -0.1) is 0 Å². The van der Waals surface area contributed by atoms with Crippen molar-refractivity contribution < 1.29 is 0 Å². The fraction of sp³-hybridized carbons (Fsp3) is 1.00. The van der Waals surface area contributed by atoms with Crippen molar-refractivity contribution >= 4 is 9.52 Å². The molecule has 0 nitrogen and oxygen atoms in total. The van der Waals surface area contributed by atoms with Gasteiger partial charge in [-0.05, 0) is 5.41 Å². The Kier molecular flexibility index (Phi) is 3.37. The molecule has 0 spiro atoms. The van der Waals surface area contributed by atoms with Crippen molar-refractivity contribution in [3.8, 4) is 0 Å². The Balaban J connectivity index is 3.11. The minimum Gasteiger partial charge on any atom is -0.0683 e. The van der Waals surface area contributed by atoms with Crippen LogP contribution in [0.15, 0.2) is 0 Å². The lowest BCUT2D eigenvalue weighted by Crippen LogP contribution is -2.07. The van der Waals surface area contributed by atoms with E-state index in [0.29, 0.717) is 14.9 Å². The van der Waals surface area contributed by atoms with Crippen LogP contribution in [0.25, 0.3) is 0 Å². The summed E-state index contributed by atoms with van der Waals surface area (Å²) in [6.45, 7) is 9.29. The predicted octanol–water partition coefficient (Wildman–Crippen LogP) is 2.06. The van der Waals surface area contributed by atoms with E-state index >= 15 is 0 Å². The second-order valence-corrected chi connectivity index (χ2v) is 5.87. The molecule has 0 saturated heterocycles. The normalized spacial score (nSPS) is 13.5. The average molecular weight is 130 g/mol. The highest BCUT2D eigenvalue weighted by Gasteiger charge is 2.07. The van der Waals surface area contributed by atoms with E-state index in [2.05, 4.69) is 27.7 Å². The van der Waals surface area contributed by atoms with Crippen LogP contribution in [-0.4, -0.2) is 9.52 Å². The van der Waals surface area contributed by atoms with Gasteiger partial charge in [0.1, 0.15) is 0 Å². The van der Waals surface area contributed by atoms with E-state index in [1.165, 1.54) is 12.1 Å². The molecular weight excluding hydrogens is 112 g/mol. The van der Waals surface area contributed by atoms with E-state index in [0.717, 1.165) is 0 Å². The molecule has 0 saturated carbocycles. The average Bonchev–Trinajstić information content (AvgIpc) is 1.59. The molecule has 0 bridgehead atoms. The molecule has 0 fully saturated rings. The lowest BCUT2D eigenvalue weighted by atomic mass is 10.0. The fourth-order valence-electron chi connectivity index (χ4n) is 0.707. The Morgan fingerprint density at radius 2 is 1.75 bits per heavy atom. The maximum atomic E-state index is 2.33. The first-order chi connectivity index (χ1) is 3.56. The molecule has 0 atom stereocenters. The molecule has 0 aromatic heterocycles. The van der Waals surface area contributed by atoms with Gasteiger partial charge in [0, 0.05) is 9.52 Å². The summed E-state index contributed by atoms with van der Waals surface area (Å²) < 4.78 is 0. The van der Waals surface area contributed by atoms with Crippen molar-refractivity contribution in [2.24, 2.45) is 5.41 Å². The van der Waals surface area contributed by atoms with Gasteiger partial charge in [0.25, 0.3) is 0 Å². The highest BCUT2D eigenvalue weighted by molar-refractivity contribution is 6.35. The molecule has 0 aromatic rings. The topological polar surface area (TPSA) is 0 Å². The molecule has 0 heterocycles. The summed E-state index contributed by atoms with van der Waals surface area (Å²) in [5.41, 5.74) is 0.613. The Labute approximate surface area is 55.5 Å². The van der Waals surface area contributed by atoms with Gasteiger partial charge in [-0.3, -0.25) is 0 Å². The molecule has 0 amide bonds. The first kappa shape index (κ1) is 8.22. The highest BCUT2D eigenvalue weighted by atomic mass is 28.2. The van der Waals surface area contributed by atoms with Crippen LogP contribution in [0.4, 0.5) is 0 Å². The highest BCUT2D eigenvalue weighted by Crippen LogP contribution is 2.18. The largest absolute Gasteiger partial charge is 0.0683 e. The minimum atomic E-state index is 0.318. The van der Waals surface area contributed by atoms with Crippen molar-refractivity contribution in [2.75, 3.05) is 0 Å². The summed E-state index contributed by atoms with van der Waals surface area (Å²) in [7, 11) is 0.318. The molecule has 50 valence electrons. The summed E-state index contributed by atoms with van der Waals surface area (Å²) in [4.78, 5) is 0. The lowest BCUT2D eigenvalue weighted by molar-refractivity contribution is 0.466. The third kappa shape index (κ3) is 6.22. The van der Waals surface area contributed by atoms with Gasteiger partial charge in [-0.2, -0.15) is 0 Å². The Morgan fingerprint density at radius 3 is 1.88 bits per heavy atom. The number of hydrogen-bond acceptors (Lipinski definition) is 0. The van der Waals surface area contributed by atoms with Crippen LogP contribution in [0.2, 0.25) is 12.1 Å². The summed E-state index contributed by atoms with van der Waals surface area (Å²) >= 11 is 0. The lowest BCUT2D eigenvalue weighted by Gasteiger charge is -2.16. The van der Waals surface area contributed by atoms with Crippen molar-refractivity contribution in [3.05, 3.63) is 0 Å². The number of hydrogen-bond donors (Lipinski definition) is 0. The van der Waals surface area contributed by atoms with E-state index in [9.17, 15) is 0 Å². The molecule has 0 unspecified atom stereocenters. The Morgan fingerprint density at radius 1 is 1.25 bits per heavy atom. The summed E-state index contributed by atoms with van der Waals surface area (Å²) in [5, 5.41) is 0. The van der Waals surface area contributed by atoms with Crippen molar-refractivity contribution in [3.63, 3.8) is 0 Å². The van der Waals surface area contributed by atoms with Crippen molar-refractivity contribution in [1.82, 2.24) is 0 Å². The first-order valence-corrected chi connectivity index (χ1v) is 5.56. The standard InChI is InChI=1S/C7H18Si/c1-5-8-6-7(2,3)4/h5-6,8H2,1-4H3. The maximum Gasteiger partial charge on any atom is 0.0200 e. The number of rotatable bonds is 2. The Bertz CT molecular complexity index is 51.9. The third-order valence-corrected chi connectivity index (χ3v) is 3.84. The molecule has 0 aromatic carbocycles. The van der Waals surface area contributed by atoms with Crippen LogP contribution in [-0.2, 0) is 0 Å². The molecular formula is C7H18Si. The van der Waals surface area contributed by atoms with E-state index in [1.54, 1.807) is 0 Å². The summed E-state index contributed by atoms with van der Waals surface area (Å²) in [6.07, 6.45) is 0. The minimum absolute atomic E-state index is 0.318. The van der Waals surface area contributed by atoms with Crippen LogP contribution in [0.3, 0.4) is 0 Å². The van der Waals surface area contributed by atoms with Gasteiger partial charge >= 0.3 is 0 Å². The molecule has 0 aliphatic rings. The summed E-state index contributed by atoms with van der Waals surface area (Å²) in [6, 6.07) is 2.97. The molecule has 0 aliphatic carbocycles. The first-order valence-electron chi connectivity index (χ1n) is 3.56. The zero-order valence-electron chi connectivity index (χ0n) is 6.62. The molecule has 0 rings (SSSR count). The zero-order valence-corrected chi connectivity index (χ0v) is 8.04. The van der Waals surface area contributed by atoms with Crippen LogP contribution in [0, 0.1) is 5.41 Å². The van der Waals surface area contributed by atoms with E-state index in [-0.39, 0.29) is 0 Å². The van der Waals surface area contributed by atoms with Gasteiger partial charge < -0.3 is 0 Å². The van der Waals surface area contributed by atoms with Crippen LogP contribution in [0.1, 0.15) is 27.7 Å². The predicted molar refractivity (Wildman–Crippen MR) is 43.3 cm³/mol. The maximum absolute atomic E-state index is 2.33. The quantitative estimate of drug-likeness (QED) is 0.502. The van der Waals surface area contributed by atoms with Gasteiger partial charge in [0.05, 0.1) is 0 Å². The third-order valence-electron chi connectivity index (χ3n) is 1.28. The van der Waals surface area contributed by atoms with Crippen LogP contribution >= 0.6 is 0 Å². The smallest absolute Gasteiger partial charge is 0.0200 e. The summed E-state index contributed by atoms with van der Waals surface area (Å²) in [5.74, 6) is 0. The van der Waals surface area contributed by atoms with Crippen molar-refractivity contribution in [2.45, 2.75) is 39.8 Å². The van der Waals surface area contributed by atoms with Gasteiger partial charge in [-0.1, -0.05) is 39.8 Å². The molecule has 0 radical (unpaired) electrons. The molecule has 0 N–H and O–H groups in total. The second-order valence-electron chi connectivity index (χ2n) is 3.66. The Hall–Kier alpha value is 0.217. The van der Waals surface area contributed by atoms with E-state index in [4.69, 9.17) is 0 Å². The van der Waals surface area contributed by atoms with Gasteiger partial charge in [-0.25, -0.2) is 0 Å². The monoisotopic (exact) mass is 130 g/mol. The van der Waals surface area contributed by atoms with E-state index in [1.807, 2.05) is 0 Å². The van der Waals surface area contributed by atoms with Gasteiger partial charge in [0.2, 0.25) is 0 Å². The zero-order chi connectivity index (χ0) is 6.62. The van der Waals surface area contributed by atoms with E-state index < -0.39 is 0 Å². The second kappa shape index (κ2) is 3.28. The molecule has 0 aliphatic heterocycles. The SMILES string of the molecule is CC[SiH2]CC(C)(C)C. The van der Waals surface area contributed by atoms with Crippen LogP contribution < -0.4 is 0 Å².